The van der Waals surface area contributed by atoms with Gasteiger partial charge < -0.3 is 20.4 Å². The number of hydrogen-bond acceptors (Lipinski definition) is 5. The number of aromatic amines is 1. The number of amides is 2. The summed E-state index contributed by atoms with van der Waals surface area (Å²) in [7, 11) is 0. The van der Waals surface area contributed by atoms with E-state index < -0.39 is 0 Å². The maximum Gasteiger partial charge on any atom is 0.280 e. The van der Waals surface area contributed by atoms with Crippen LogP contribution in [0.15, 0.2) is 24.3 Å². The molecule has 1 aliphatic carbocycles. The summed E-state index contributed by atoms with van der Waals surface area (Å²) >= 11 is 7.44. The Labute approximate surface area is 188 Å². The molecule has 1 fully saturated rings. The minimum atomic E-state index is -0.180. The molecule has 3 N–H and O–H groups in total. The first-order valence-corrected chi connectivity index (χ1v) is 11.7. The van der Waals surface area contributed by atoms with Crippen molar-refractivity contribution in [1.82, 2.24) is 20.6 Å². The molecule has 1 saturated carbocycles. The van der Waals surface area contributed by atoms with Gasteiger partial charge in [-0.05, 0) is 37.1 Å². The van der Waals surface area contributed by atoms with Gasteiger partial charge in [0.15, 0.2) is 5.01 Å². The fourth-order valence-electron chi connectivity index (χ4n) is 4.30. The Bertz CT molecular complexity index is 1120. The molecule has 7 nitrogen and oxygen atoms in total. The molecule has 9 heteroatoms. The van der Waals surface area contributed by atoms with Crippen molar-refractivity contribution >= 4 is 45.7 Å². The molecule has 3 aromatic rings. The lowest BCUT2D eigenvalue weighted by atomic mass is 9.90. The monoisotopic (exact) mass is 458 g/mol. The lowest BCUT2D eigenvalue weighted by Crippen LogP contribution is -2.53. The Morgan fingerprint density at radius 2 is 1.90 bits per heavy atom. The van der Waals surface area contributed by atoms with E-state index in [1.165, 1.54) is 11.3 Å². The zero-order valence-corrected chi connectivity index (χ0v) is 18.4. The maximum absolute atomic E-state index is 12.9. The smallest absolute Gasteiger partial charge is 0.280 e. The van der Waals surface area contributed by atoms with Gasteiger partial charge in [-0.3, -0.25) is 9.59 Å². The van der Waals surface area contributed by atoms with Gasteiger partial charge in [0.2, 0.25) is 0 Å². The summed E-state index contributed by atoms with van der Waals surface area (Å²) in [6, 6.07) is 7.02. The number of benzene rings is 1. The number of hydrogen-bond donors (Lipinski definition) is 3. The molecule has 2 amide bonds. The normalized spacial score (nSPS) is 20.9. The van der Waals surface area contributed by atoms with Crippen molar-refractivity contribution in [1.29, 1.82) is 0 Å². The molecule has 5 rings (SSSR count). The highest BCUT2D eigenvalue weighted by Gasteiger charge is 2.30. The van der Waals surface area contributed by atoms with Gasteiger partial charge >= 0.3 is 0 Å². The molecule has 0 bridgehead atoms. The molecule has 1 aliphatic heterocycles. The topological polar surface area (TPSA) is 96.1 Å². The zero-order valence-electron chi connectivity index (χ0n) is 16.9. The van der Waals surface area contributed by atoms with Crippen LogP contribution in [-0.4, -0.2) is 40.5 Å². The van der Waals surface area contributed by atoms with Crippen molar-refractivity contribution in [2.45, 2.75) is 50.8 Å². The number of ether oxygens (including phenoxy) is 1. The average Bonchev–Trinajstić information content (AvgIpc) is 3.39. The van der Waals surface area contributed by atoms with Gasteiger partial charge in [-0.25, -0.2) is 4.98 Å². The van der Waals surface area contributed by atoms with Gasteiger partial charge in [0, 0.05) is 34.4 Å². The number of carbonyl (C=O) groups excluding carboxylic acids is 2. The molecule has 162 valence electrons. The van der Waals surface area contributed by atoms with Gasteiger partial charge in [-0.1, -0.05) is 24.4 Å². The van der Waals surface area contributed by atoms with Crippen molar-refractivity contribution < 1.29 is 14.3 Å². The van der Waals surface area contributed by atoms with Crippen molar-refractivity contribution in [2.24, 2.45) is 0 Å². The number of nitrogens with one attached hydrogen (secondary N) is 3. The third-order valence-electron chi connectivity index (χ3n) is 5.92. The quantitative estimate of drug-likeness (QED) is 0.553. The first kappa shape index (κ1) is 20.5. The molecule has 2 atom stereocenters. The second-order valence-corrected chi connectivity index (χ2v) is 9.57. The standard InChI is InChI=1S/C22H23ClN4O3S/c23-13-5-6-14-12(9-13)10-18(24-14)20(28)25-15-3-1-2-4-16(15)26-21(29)22-27-17-7-8-30-11-19(17)31-22/h5-6,9-10,15-16,24H,1-4,7-8,11H2,(H,25,28)(H,26,29). The summed E-state index contributed by atoms with van der Waals surface area (Å²) < 4.78 is 5.45. The molecule has 31 heavy (non-hydrogen) atoms. The summed E-state index contributed by atoms with van der Waals surface area (Å²) in [6.45, 7) is 1.17. The Morgan fingerprint density at radius 1 is 1.13 bits per heavy atom. The third-order valence-corrected chi connectivity index (χ3v) is 7.22. The number of carbonyl (C=O) groups is 2. The number of fused-ring (bicyclic) bond motifs is 2. The largest absolute Gasteiger partial charge is 0.375 e. The average molecular weight is 459 g/mol. The highest BCUT2D eigenvalue weighted by Crippen LogP contribution is 2.25. The van der Waals surface area contributed by atoms with E-state index >= 15 is 0 Å². The summed E-state index contributed by atoms with van der Waals surface area (Å²) in [5, 5.41) is 8.21. The second kappa shape index (κ2) is 8.61. The first-order valence-electron chi connectivity index (χ1n) is 10.5. The first-order chi connectivity index (χ1) is 15.1. The van der Waals surface area contributed by atoms with E-state index in [-0.39, 0.29) is 23.9 Å². The SMILES string of the molecule is O=C(NC1CCCCC1NC(=O)c1nc2c(s1)COCC2)c1cc2cc(Cl)ccc2[nH]1. The minimum Gasteiger partial charge on any atom is -0.375 e. The molecule has 2 aliphatic rings. The number of thiazole rings is 1. The van der Waals surface area contributed by atoms with E-state index in [9.17, 15) is 9.59 Å². The fraction of sp³-hybridized carbons (Fsp3) is 0.409. The molecule has 3 heterocycles. The lowest BCUT2D eigenvalue weighted by molar-refractivity contribution is 0.0860. The predicted molar refractivity (Wildman–Crippen MR) is 120 cm³/mol. The van der Waals surface area contributed by atoms with Crippen LogP contribution in [0.25, 0.3) is 10.9 Å². The molecular formula is C22H23ClN4O3S. The van der Waals surface area contributed by atoms with E-state index in [4.69, 9.17) is 16.3 Å². The molecule has 2 aromatic heterocycles. The highest BCUT2D eigenvalue weighted by molar-refractivity contribution is 7.13. The molecule has 0 spiro atoms. The van der Waals surface area contributed by atoms with Crippen molar-refractivity contribution in [3.63, 3.8) is 0 Å². The van der Waals surface area contributed by atoms with Crippen LogP contribution < -0.4 is 10.6 Å². The Hall–Kier alpha value is -2.42. The number of H-pyrrole nitrogens is 1. The van der Waals surface area contributed by atoms with Crippen LogP contribution in [0.3, 0.4) is 0 Å². The molecule has 1 aromatic carbocycles. The van der Waals surface area contributed by atoms with Crippen LogP contribution in [0.1, 0.15) is 56.5 Å². The van der Waals surface area contributed by atoms with E-state index in [0.717, 1.165) is 53.6 Å². The Morgan fingerprint density at radius 3 is 2.68 bits per heavy atom. The lowest BCUT2D eigenvalue weighted by Gasteiger charge is -2.32. The third kappa shape index (κ3) is 4.33. The van der Waals surface area contributed by atoms with E-state index in [0.29, 0.717) is 28.9 Å². The number of rotatable bonds is 4. The Kier molecular flexibility index (Phi) is 5.69. The zero-order chi connectivity index (χ0) is 21.4. The van der Waals surface area contributed by atoms with Gasteiger partial charge in [0.1, 0.15) is 5.69 Å². The molecule has 2 unspecified atom stereocenters. The Balaban J connectivity index is 1.28. The van der Waals surface area contributed by atoms with Crippen LogP contribution in [0.5, 0.6) is 0 Å². The van der Waals surface area contributed by atoms with Gasteiger partial charge in [-0.15, -0.1) is 11.3 Å². The summed E-state index contributed by atoms with van der Waals surface area (Å²) in [6.07, 6.45) is 4.43. The van der Waals surface area contributed by atoms with Gasteiger partial charge in [0.25, 0.3) is 11.8 Å². The van der Waals surface area contributed by atoms with Gasteiger partial charge in [0.05, 0.1) is 23.8 Å². The van der Waals surface area contributed by atoms with Crippen LogP contribution in [0, 0.1) is 0 Å². The van der Waals surface area contributed by atoms with Crippen molar-refractivity contribution in [3.05, 3.63) is 50.6 Å². The minimum absolute atomic E-state index is 0.124. The van der Waals surface area contributed by atoms with Crippen molar-refractivity contribution in [3.8, 4) is 0 Å². The van der Waals surface area contributed by atoms with Crippen LogP contribution in [0.2, 0.25) is 5.02 Å². The van der Waals surface area contributed by atoms with E-state index in [1.54, 1.807) is 12.1 Å². The predicted octanol–water partition coefficient (Wildman–Crippen LogP) is 3.82. The molecular weight excluding hydrogens is 436 g/mol. The summed E-state index contributed by atoms with van der Waals surface area (Å²) in [5.41, 5.74) is 2.31. The number of aromatic nitrogens is 2. The van der Waals surface area contributed by atoms with E-state index in [1.807, 2.05) is 12.1 Å². The van der Waals surface area contributed by atoms with E-state index in [2.05, 4.69) is 20.6 Å². The number of halogens is 1. The van der Waals surface area contributed by atoms with Crippen LogP contribution in [-0.2, 0) is 17.8 Å². The van der Waals surface area contributed by atoms with Crippen LogP contribution >= 0.6 is 22.9 Å². The summed E-state index contributed by atoms with van der Waals surface area (Å²) in [5.74, 6) is -0.355. The molecule has 0 radical (unpaired) electrons. The molecule has 0 saturated heterocycles. The van der Waals surface area contributed by atoms with Gasteiger partial charge in [-0.2, -0.15) is 0 Å². The maximum atomic E-state index is 12.9. The van der Waals surface area contributed by atoms with Crippen LogP contribution in [0.4, 0.5) is 0 Å². The highest BCUT2D eigenvalue weighted by atomic mass is 35.5. The second-order valence-electron chi connectivity index (χ2n) is 8.05. The number of nitrogens with zero attached hydrogens (tertiary/aromatic N) is 1. The summed E-state index contributed by atoms with van der Waals surface area (Å²) in [4.78, 5) is 34.4. The van der Waals surface area contributed by atoms with Crippen molar-refractivity contribution in [2.75, 3.05) is 6.61 Å². The fourth-order valence-corrected chi connectivity index (χ4v) is 5.43.